The minimum absolute atomic E-state index is 0.0653. The van der Waals surface area contributed by atoms with E-state index in [9.17, 15) is 18.0 Å². The normalized spacial score (nSPS) is 16.3. The number of ether oxygens (including phenoxy) is 1. The Hall–Kier alpha value is -2.38. The van der Waals surface area contributed by atoms with Crippen LogP contribution in [0.1, 0.15) is 23.6 Å². The van der Waals surface area contributed by atoms with E-state index in [0.717, 1.165) is 30.8 Å². The molecule has 1 amide bonds. The quantitative estimate of drug-likeness (QED) is 0.679. The predicted octanol–water partition coefficient (Wildman–Crippen LogP) is 4.00. The highest BCUT2D eigenvalue weighted by molar-refractivity contribution is 5.79. The van der Waals surface area contributed by atoms with Crippen molar-refractivity contribution in [1.29, 1.82) is 0 Å². The largest absolute Gasteiger partial charge is 0.416 e. The SMILES string of the molecule is CC(CN1CCOCC1)N(Cc1ccccc1)C(=O)Cc1cccc(C(F)(F)F)c1. The van der Waals surface area contributed by atoms with Crippen molar-refractivity contribution in [3.05, 3.63) is 71.3 Å². The van der Waals surface area contributed by atoms with E-state index < -0.39 is 11.7 Å². The summed E-state index contributed by atoms with van der Waals surface area (Å²) in [6.45, 7) is 6.07. The van der Waals surface area contributed by atoms with Crippen LogP contribution in [0.25, 0.3) is 0 Å². The van der Waals surface area contributed by atoms with E-state index in [0.29, 0.717) is 31.9 Å². The molecule has 1 unspecified atom stereocenters. The number of amides is 1. The zero-order valence-electron chi connectivity index (χ0n) is 17.1. The molecule has 30 heavy (non-hydrogen) atoms. The molecule has 1 heterocycles. The number of rotatable bonds is 7. The summed E-state index contributed by atoms with van der Waals surface area (Å²) in [5, 5.41) is 0. The van der Waals surface area contributed by atoms with Crippen LogP contribution in [-0.4, -0.2) is 54.6 Å². The van der Waals surface area contributed by atoms with Crippen LogP contribution in [0.5, 0.6) is 0 Å². The first kappa shape index (κ1) is 22.3. The summed E-state index contributed by atoms with van der Waals surface area (Å²) < 4.78 is 44.5. The second-order valence-electron chi connectivity index (χ2n) is 7.64. The Kier molecular flexibility index (Phi) is 7.50. The van der Waals surface area contributed by atoms with Gasteiger partial charge in [-0.1, -0.05) is 48.5 Å². The van der Waals surface area contributed by atoms with Gasteiger partial charge in [0.2, 0.25) is 5.91 Å². The number of hydrogen-bond acceptors (Lipinski definition) is 3. The van der Waals surface area contributed by atoms with E-state index in [-0.39, 0.29) is 18.4 Å². The van der Waals surface area contributed by atoms with Gasteiger partial charge >= 0.3 is 6.18 Å². The van der Waals surface area contributed by atoms with Gasteiger partial charge in [0.1, 0.15) is 0 Å². The number of carbonyl (C=O) groups excluding carboxylic acids is 1. The highest BCUT2D eigenvalue weighted by atomic mass is 19.4. The monoisotopic (exact) mass is 420 g/mol. The fourth-order valence-electron chi connectivity index (χ4n) is 3.66. The Bertz CT molecular complexity index is 821. The maximum absolute atomic E-state index is 13.2. The topological polar surface area (TPSA) is 32.8 Å². The van der Waals surface area contributed by atoms with Gasteiger partial charge in [0.25, 0.3) is 0 Å². The molecular weight excluding hydrogens is 393 g/mol. The molecule has 0 saturated carbocycles. The summed E-state index contributed by atoms with van der Waals surface area (Å²) in [6.07, 6.45) is -4.49. The maximum atomic E-state index is 13.2. The average Bonchev–Trinajstić information content (AvgIpc) is 2.73. The highest BCUT2D eigenvalue weighted by Gasteiger charge is 2.31. The number of halogens is 3. The van der Waals surface area contributed by atoms with Crippen LogP contribution in [0, 0.1) is 0 Å². The van der Waals surface area contributed by atoms with Crippen molar-refractivity contribution in [2.24, 2.45) is 0 Å². The van der Waals surface area contributed by atoms with E-state index in [1.54, 1.807) is 11.0 Å². The van der Waals surface area contributed by atoms with Crippen LogP contribution in [0.2, 0.25) is 0 Å². The molecule has 3 rings (SSSR count). The summed E-state index contributed by atoms with van der Waals surface area (Å²) in [5.74, 6) is -0.182. The molecule has 0 spiro atoms. The van der Waals surface area contributed by atoms with Crippen molar-refractivity contribution >= 4 is 5.91 Å². The van der Waals surface area contributed by atoms with Gasteiger partial charge in [-0.3, -0.25) is 9.69 Å². The molecule has 0 bridgehead atoms. The minimum atomic E-state index is -4.42. The lowest BCUT2D eigenvalue weighted by molar-refractivity contribution is -0.138. The lowest BCUT2D eigenvalue weighted by Crippen LogP contribution is -2.48. The number of carbonyl (C=O) groups is 1. The molecule has 1 saturated heterocycles. The van der Waals surface area contributed by atoms with Crippen LogP contribution in [0.15, 0.2) is 54.6 Å². The van der Waals surface area contributed by atoms with Crippen LogP contribution in [0.4, 0.5) is 13.2 Å². The Morgan fingerprint density at radius 3 is 2.40 bits per heavy atom. The summed E-state index contributed by atoms with van der Waals surface area (Å²) in [6, 6.07) is 14.6. The van der Waals surface area contributed by atoms with Crippen LogP contribution in [-0.2, 0) is 28.7 Å². The third-order valence-electron chi connectivity index (χ3n) is 5.28. The van der Waals surface area contributed by atoms with Gasteiger partial charge in [-0.15, -0.1) is 0 Å². The van der Waals surface area contributed by atoms with Gasteiger partial charge in [0.15, 0.2) is 0 Å². The van der Waals surface area contributed by atoms with Gasteiger partial charge in [0, 0.05) is 32.2 Å². The van der Waals surface area contributed by atoms with E-state index in [1.807, 2.05) is 37.3 Å². The summed E-state index contributed by atoms with van der Waals surface area (Å²) >= 11 is 0. The molecule has 0 radical (unpaired) electrons. The fraction of sp³-hybridized carbons (Fsp3) is 0.435. The predicted molar refractivity (Wildman–Crippen MR) is 109 cm³/mol. The second kappa shape index (κ2) is 10.1. The molecule has 1 aliphatic heterocycles. The van der Waals surface area contributed by atoms with E-state index in [1.165, 1.54) is 6.07 Å². The molecule has 1 aliphatic rings. The highest BCUT2D eigenvalue weighted by Crippen LogP contribution is 2.29. The first-order chi connectivity index (χ1) is 14.3. The zero-order valence-corrected chi connectivity index (χ0v) is 17.1. The van der Waals surface area contributed by atoms with Crippen molar-refractivity contribution in [3.63, 3.8) is 0 Å². The van der Waals surface area contributed by atoms with Crippen molar-refractivity contribution in [2.75, 3.05) is 32.8 Å². The molecule has 1 fully saturated rings. The van der Waals surface area contributed by atoms with Gasteiger partial charge in [-0.05, 0) is 24.1 Å². The molecule has 7 heteroatoms. The molecule has 1 atom stereocenters. The van der Waals surface area contributed by atoms with Crippen LogP contribution in [0.3, 0.4) is 0 Å². The van der Waals surface area contributed by atoms with E-state index in [4.69, 9.17) is 4.74 Å². The molecule has 2 aromatic rings. The van der Waals surface area contributed by atoms with E-state index in [2.05, 4.69) is 4.90 Å². The van der Waals surface area contributed by atoms with Gasteiger partial charge in [-0.25, -0.2) is 0 Å². The summed E-state index contributed by atoms with van der Waals surface area (Å²) in [4.78, 5) is 17.2. The Morgan fingerprint density at radius 1 is 1.07 bits per heavy atom. The second-order valence-corrected chi connectivity index (χ2v) is 7.64. The van der Waals surface area contributed by atoms with E-state index >= 15 is 0 Å². The van der Waals surface area contributed by atoms with Crippen LogP contribution >= 0.6 is 0 Å². The number of alkyl halides is 3. The third-order valence-corrected chi connectivity index (χ3v) is 5.28. The molecular formula is C23H27F3N2O2. The Balaban J connectivity index is 1.75. The molecule has 0 N–H and O–H groups in total. The minimum Gasteiger partial charge on any atom is -0.379 e. The fourth-order valence-corrected chi connectivity index (χ4v) is 3.66. The van der Waals surface area contributed by atoms with Crippen molar-refractivity contribution in [2.45, 2.75) is 32.1 Å². The average molecular weight is 420 g/mol. The molecule has 0 aromatic heterocycles. The van der Waals surface area contributed by atoms with Gasteiger partial charge < -0.3 is 9.64 Å². The van der Waals surface area contributed by atoms with Crippen molar-refractivity contribution in [3.8, 4) is 0 Å². The number of hydrogen-bond donors (Lipinski definition) is 0. The number of benzene rings is 2. The maximum Gasteiger partial charge on any atom is 0.416 e. The zero-order chi connectivity index (χ0) is 21.6. The lowest BCUT2D eigenvalue weighted by atomic mass is 10.1. The van der Waals surface area contributed by atoms with Gasteiger partial charge in [-0.2, -0.15) is 13.2 Å². The van der Waals surface area contributed by atoms with Gasteiger partial charge in [0.05, 0.1) is 25.2 Å². The standard InChI is InChI=1S/C23H27F3N2O2/c1-18(16-27-10-12-30-13-11-27)28(17-19-6-3-2-4-7-19)22(29)15-20-8-5-9-21(14-20)23(24,25)26/h2-9,14,18H,10-13,15-17H2,1H3. The first-order valence-electron chi connectivity index (χ1n) is 10.1. The third kappa shape index (κ3) is 6.31. The number of morpholine rings is 1. The number of nitrogens with zero attached hydrogens (tertiary/aromatic N) is 2. The van der Waals surface area contributed by atoms with Crippen molar-refractivity contribution in [1.82, 2.24) is 9.80 Å². The Labute approximate surface area is 175 Å². The summed E-state index contributed by atoms with van der Waals surface area (Å²) in [5.41, 5.74) is 0.624. The Morgan fingerprint density at radius 2 is 1.73 bits per heavy atom. The van der Waals surface area contributed by atoms with Crippen LogP contribution < -0.4 is 0 Å². The first-order valence-corrected chi connectivity index (χ1v) is 10.1. The molecule has 2 aromatic carbocycles. The molecule has 4 nitrogen and oxygen atoms in total. The smallest absolute Gasteiger partial charge is 0.379 e. The lowest BCUT2D eigenvalue weighted by Gasteiger charge is -2.35. The molecule has 162 valence electrons. The summed E-state index contributed by atoms with van der Waals surface area (Å²) in [7, 11) is 0. The molecule has 0 aliphatic carbocycles. The van der Waals surface area contributed by atoms with Crippen molar-refractivity contribution < 1.29 is 22.7 Å².